The normalized spacial score (nSPS) is 9.63. The van der Waals surface area contributed by atoms with Crippen LogP contribution in [0.4, 0.5) is 0 Å². The van der Waals surface area contributed by atoms with Gasteiger partial charge < -0.3 is 10.0 Å². The second kappa shape index (κ2) is 8.22. The molecular formula is C14H15NO3S. The summed E-state index contributed by atoms with van der Waals surface area (Å²) in [4.78, 5) is 24.7. The highest BCUT2D eigenvalue weighted by Crippen LogP contribution is 2.18. The van der Waals surface area contributed by atoms with Gasteiger partial charge in [0.05, 0.1) is 6.54 Å². The van der Waals surface area contributed by atoms with Gasteiger partial charge in [0.2, 0.25) is 5.91 Å². The molecule has 0 heterocycles. The van der Waals surface area contributed by atoms with E-state index in [1.165, 1.54) is 4.90 Å². The van der Waals surface area contributed by atoms with E-state index in [2.05, 4.69) is 5.92 Å². The van der Waals surface area contributed by atoms with Crippen LogP contribution in [-0.2, 0) is 9.59 Å². The van der Waals surface area contributed by atoms with Crippen molar-refractivity contribution in [3.8, 4) is 12.3 Å². The summed E-state index contributed by atoms with van der Waals surface area (Å²) in [6.07, 6.45) is 5.39. The number of benzene rings is 1. The maximum absolute atomic E-state index is 11.8. The second-order valence-electron chi connectivity index (χ2n) is 3.76. The first-order valence-electron chi connectivity index (χ1n) is 5.74. The monoisotopic (exact) mass is 277 g/mol. The molecule has 4 nitrogen and oxygen atoms in total. The summed E-state index contributed by atoms with van der Waals surface area (Å²) in [7, 11) is 0. The molecule has 19 heavy (non-hydrogen) atoms. The number of carboxylic acids is 1. The van der Waals surface area contributed by atoms with Gasteiger partial charge in [-0.15, -0.1) is 18.2 Å². The van der Waals surface area contributed by atoms with Crippen molar-refractivity contribution in [1.82, 2.24) is 4.90 Å². The molecule has 0 aliphatic heterocycles. The van der Waals surface area contributed by atoms with E-state index in [4.69, 9.17) is 11.5 Å². The van der Waals surface area contributed by atoms with Gasteiger partial charge in [-0.1, -0.05) is 24.1 Å². The number of carbonyl (C=O) groups excluding carboxylic acids is 1. The van der Waals surface area contributed by atoms with Gasteiger partial charge >= 0.3 is 5.97 Å². The standard InChI is InChI=1S/C14H15NO3S/c1-2-9-15(11-14(17)18)13(16)8-10-19-12-6-4-3-5-7-12/h1,3-7H,8-11H2,(H,17,18). The van der Waals surface area contributed by atoms with Crippen molar-refractivity contribution in [1.29, 1.82) is 0 Å². The van der Waals surface area contributed by atoms with Crippen molar-refractivity contribution in [3.05, 3.63) is 30.3 Å². The van der Waals surface area contributed by atoms with Crippen LogP contribution in [0.15, 0.2) is 35.2 Å². The van der Waals surface area contributed by atoms with Gasteiger partial charge in [0.1, 0.15) is 6.54 Å². The molecule has 100 valence electrons. The van der Waals surface area contributed by atoms with E-state index < -0.39 is 5.97 Å². The lowest BCUT2D eigenvalue weighted by Gasteiger charge is -2.17. The minimum absolute atomic E-state index is 0.0289. The molecule has 0 saturated heterocycles. The summed E-state index contributed by atoms with van der Waals surface area (Å²) < 4.78 is 0. The van der Waals surface area contributed by atoms with Crippen molar-refractivity contribution in [2.45, 2.75) is 11.3 Å². The second-order valence-corrected chi connectivity index (χ2v) is 4.93. The van der Waals surface area contributed by atoms with Crippen molar-refractivity contribution < 1.29 is 14.7 Å². The van der Waals surface area contributed by atoms with Crippen LogP contribution in [0.1, 0.15) is 6.42 Å². The molecule has 0 spiro atoms. The van der Waals surface area contributed by atoms with Crippen molar-refractivity contribution in [2.75, 3.05) is 18.8 Å². The van der Waals surface area contributed by atoms with Crippen LogP contribution in [0, 0.1) is 12.3 Å². The predicted octanol–water partition coefficient (Wildman–Crippen LogP) is 1.72. The van der Waals surface area contributed by atoms with Gasteiger partial charge in [0, 0.05) is 17.1 Å². The molecule has 0 aliphatic rings. The van der Waals surface area contributed by atoms with E-state index in [1.807, 2.05) is 30.3 Å². The van der Waals surface area contributed by atoms with Crippen LogP contribution < -0.4 is 0 Å². The largest absolute Gasteiger partial charge is 0.480 e. The van der Waals surface area contributed by atoms with E-state index in [-0.39, 0.29) is 25.4 Å². The Bertz CT molecular complexity index is 467. The molecule has 5 heteroatoms. The van der Waals surface area contributed by atoms with Gasteiger partial charge in [-0.2, -0.15) is 0 Å². The predicted molar refractivity (Wildman–Crippen MR) is 74.8 cm³/mol. The maximum Gasteiger partial charge on any atom is 0.323 e. The molecule has 0 fully saturated rings. The number of amides is 1. The van der Waals surface area contributed by atoms with Crippen LogP contribution in [0.25, 0.3) is 0 Å². The minimum Gasteiger partial charge on any atom is -0.480 e. The lowest BCUT2D eigenvalue weighted by Crippen LogP contribution is -2.36. The summed E-state index contributed by atoms with van der Waals surface area (Å²) in [5.41, 5.74) is 0. The molecule has 1 rings (SSSR count). The summed E-state index contributed by atoms with van der Waals surface area (Å²) in [6.45, 7) is -0.319. The number of aliphatic carboxylic acids is 1. The Morgan fingerprint density at radius 2 is 2.00 bits per heavy atom. The van der Waals surface area contributed by atoms with Gasteiger partial charge in [0.15, 0.2) is 0 Å². The van der Waals surface area contributed by atoms with Gasteiger partial charge in [0.25, 0.3) is 0 Å². The third kappa shape index (κ3) is 5.98. The quantitative estimate of drug-likeness (QED) is 0.609. The molecule has 0 atom stereocenters. The zero-order valence-corrected chi connectivity index (χ0v) is 11.2. The van der Waals surface area contributed by atoms with Gasteiger partial charge in [-0.25, -0.2) is 0 Å². The number of terminal acetylenes is 1. The fraction of sp³-hybridized carbons (Fsp3) is 0.286. The molecule has 0 radical (unpaired) electrons. The number of thioether (sulfide) groups is 1. The van der Waals surface area contributed by atoms with Crippen LogP contribution in [0.2, 0.25) is 0 Å². The molecule has 1 aromatic carbocycles. The first kappa shape index (κ1) is 15.1. The number of hydrogen-bond acceptors (Lipinski definition) is 3. The number of hydrogen-bond donors (Lipinski definition) is 1. The Balaban J connectivity index is 2.40. The van der Waals surface area contributed by atoms with Gasteiger partial charge in [-0.05, 0) is 12.1 Å². The molecule has 1 aromatic rings. The average molecular weight is 277 g/mol. The zero-order valence-electron chi connectivity index (χ0n) is 10.4. The average Bonchev–Trinajstić information content (AvgIpc) is 2.39. The van der Waals surface area contributed by atoms with E-state index in [0.29, 0.717) is 5.75 Å². The zero-order chi connectivity index (χ0) is 14.1. The first-order valence-corrected chi connectivity index (χ1v) is 6.73. The topological polar surface area (TPSA) is 57.6 Å². The highest BCUT2D eigenvalue weighted by atomic mass is 32.2. The lowest BCUT2D eigenvalue weighted by atomic mass is 10.3. The fourth-order valence-electron chi connectivity index (χ4n) is 1.44. The Kier molecular flexibility index (Phi) is 6.55. The highest BCUT2D eigenvalue weighted by Gasteiger charge is 2.15. The van der Waals surface area contributed by atoms with Crippen molar-refractivity contribution >= 4 is 23.6 Å². The Morgan fingerprint density at radius 3 is 2.58 bits per heavy atom. The number of rotatable bonds is 7. The number of nitrogens with zero attached hydrogens (tertiary/aromatic N) is 1. The first-order chi connectivity index (χ1) is 9.13. The molecule has 0 saturated carbocycles. The van der Waals surface area contributed by atoms with Crippen LogP contribution in [-0.4, -0.2) is 40.7 Å². The van der Waals surface area contributed by atoms with Crippen LogP contribution in [0.3, 0.4) is 0 Å². The number of carboxylic acid groups (broad SMARTS) is 1. The third-order valence-corrected chi connectivity index (χ3v) is 3.30. The lowest BCUT2D eigenvalue weighted by molar-refractivity contribution is -0.143. The van der Waals surface area contributed by atoms with Crippen molar-refractivity contribution in [2.24, 2.45) is 0 Å². The summed E-state index contributed by atoms with van der Waals surface area (Å²) in [6, 6.07) is 9.71. The van der Waals surface area contributed by atoms with Crippen molar-refractivity contribution in [3.63, 3.8) is 0 Å². The number of carbonyl (C=O) groups is 2. The molecule has 0 aromatic heterocycles. The smallest absolute Gasteiger partial charge is 0.323 e. The SMILES string of the molecule is C#CCN(CC(=O)O)C(=O)CCSc1ccccc1. The Morgan fingerprint density at radius 1 is 1.32 bits per heavy atom. The molecule has 1 N–H and O–H groups in total. The minimum atomic E-state index is -1.06. The summed E-state index contributed by atoms with van der Waals surface area (Å²) in [5, 5.41) is 8.70. The van der Waals surface area contributed by atoms with E-state index in [9.17, 15) is 9.59 Å². The molecular weight excluding hydrogens is 262 g/mol. The molecule has 0 unspecified atom stereocenters. The summed E-state index contributed by atoms with van der Waals surface area (Å²) >= 11 is 1.56. The highest BCUT2D eigenvalue weighted by molar-refractivity contribution is 7.99. The van der Waals surface area contributed by atoms with E-state index in [0.717, 1.165) is 4.90 Å². The summed E-state index contributed by atoms with van der Waals surface area (Å²) in [5.74, 6) is 1.61. The van der Waals surface area contributed by atoms with Crippen LogP contribution >= 0.6 is 11.8 Å². The van der Waals surface area contributed by atoms with Gasteiger partial charge in [-0.3, -0.25) is 9.59 Å². The fourth-order valence-corrected chi connectivity index (χ4v) is 2.30. The third-order valence-electron chi connectivity index (χ3n) is 2.29. The van der Waals surface area contributed by atoms with E-state index >= 15 is 0 Å². The van der Waals surface area contributed by atoms with E-state index in [1.54, 1.807) is 11.8 Å². The maximum atomic E-state index is 11.8. The molecule has 1 amide bonds. The molecule has 0 bridgehead atoms. The Hall–Kier alpha value is -1.93. The Labute approximate surface area is 116 Å². The van der Waals surface area contributed by atoms with Crippen LogP contribution in [0.5, 0.6) is 0 Å². The molecule has 0 aliphatic carbocycles.